The van der Waals surface area contributed by atoms with E-state index >= 15 is 0 Å². The molecular weight excluding hydrogens is 401 g/mol. The molecule has 0 aliphatic rings. The first kappa shape index (κ1) is 8.47. The van der Waals surface area contributed by atoms with Crippen LogP contribution in [-0.2, 0) is 6.54 Å². The molecule has 0 atom stereocenters. The van der Waals surface area contributed by atoms with Crippen molar-refractivity contribution in [1.29, 1.82) is 0 Å². The minimum Gasteiger partial charge on any atom is -0.337 e. The summed E-state index contributed by atoms with van der Waals surface area (Å²) in [6.07, 6.45) is 0. The summed E-state index contributed by atoms with van der Waals surface area (Å²) >= 11 is 5.64. The SMILES string of the molecule is NCc1c[c-]cc(Cl)c1.[Rf]. The van der Waals surface area contributed by atoms with Crippen LogP contribution in [0.3, 0.4) is 0 Å². The van der Waals surface area contributed by atoms with Crippen molar-refractivity contribution in [3.8, 4) is 0 Å². The minimum atomic E-state index is 0. The van der Waals surface area contributed by atoms with E-state index in [9.17, 15) is 0 Å². The summed E-state index contributed by atoms with van der Waals surface area (Å²) in [7, 11) is 0. The second-order valence-corrected chi connectivity index (χ2v) is 2.20. The van der Waals surface area contributed by atoms with Gasteiger partial charge in [-0.1, -0.05) is 5.02 Å². The predicted octanol–water partition coefficient (Wildman–Crippen LogP) is 1.60. The van der Waals surface area contributed by atoms with Gasteiger partial charge in [0.15, 0.2) is 0 Å². The van der Waals surface area contributed by atoms with Gasteiger partial charge in [-0.15, -0.1) is 5.56 Å². The van der Waals surface area contributed by atoms with E-state index in [4.69, 9.17) is 17.3 Å². The molecule has 1 aromatic rings. The molecule has 50 valence electrons. The smallest absolute Gasteiger partial charge is 0 e. The summed E-state index contributed by atoms with van der Waals surface area (Å²) in [5.74, 6) is 0. The van der Waals surface area contributed by atoms with Gasteiger partial charge in [0.1, 0.15) is 0 Å². The monoisotopic (exact) mass is 407 g/mol. The van der Waals surface area contributed by atoms with E-state index in [1.54, 1.807) is 6.07 Å². The maximum absolute atomic E-state index is 5.64. The third-order valence-corrected chi connectivity index (χ3v) is 1.27. The van der Waals surface area contributed by atoms with Crippen LogP contribution in [0.2, 0.25) is 5.02 Å². The van der Waals surface area contributed by atoms with Gasteiger partial charge >= 0.3 is 0 Å². The van der Waals surface area contributed by atoms with Crippen molar-refractivity contribution in [2.45, 2.75) is 6.54 Å². The third kappa shape index (κ3) is 1.77. The third-order valence-electron chi connectivity index (χ3n) is 1.05. The van der Waals surface area contributed by atoms with Crippen molar-refractivity contribution in [3.05, 3.63) is 34.9 Å². The molecule has 0 fully saturated rings. The van der Waals surface area contributed by atoms with Crippen LogP contribution < -0.4 is 5.73 Å². The molecule has 0 amide bonds. The van der Waals surface area contributed by atoms with Crippen molar-refractivity contribution in [1.82, 2.24) is 0 Å². The van der Waals surface area contributed by atoms with Crippen LogP contribution in [0.1, 0.15) is 5.56 Å². The van der Waals surface area contributed by atoms with Crippen LogP contribution in [0.15, 0.2) is 18.2 Å². The van der Waals surface area contributed by atoms with Gasteiger partial charge < -0.3 is 5.73 Å². The fourth-order valence-electron chi connectivity index (χ4n) is 0.607. The Kier molecular flexibility index (Phi) is 2.95. The van der Waals surface area contributed by atoms with Crippen LogP contribution in [0, 0.1) is 6.07 Å². The Labute approximate surface area is 59.4 Å². The molecule has 1 nitrogen and oxygen atoms in total. The van der Waals surface area contributed by atoms with Gasteiger partial charge in [0.25, 0.3) is 0 Å². The Hall–Kier alpha value is -1.53. The molecule has 3 heteroatoms. The molecule has 0 spiro atoms. The summed E-state index contributed by atoms with van der Waals surface area (Å²) < 4.78 is 0. The maximum atomic E-state index is 5.64. The van der Waals surface area contributed by atoms with Crippen LogP contribution in [0.4, 0.5) is 0 Å². The molecule has 1 rings (SSSR count). The van der Waals surface area contributed by atoms with Crippen LogP contribution in [0.5, 0.6) is 0 Å². The van der Waals surface area contributed by atoms with Gasteiger partial charge in [0.2, 0.25) is 0 Å². The van der Waals surface area contributed by atoms with E-state index < -0.39 is 0 Å². The predicted molar refractivity (Wildman–Crippen MR) is 38.2 cm³/mol. The summed E-state index contributed by atoms with van der Waals surface area (Å²) in [5, 5.41) is 0.693. The molecule has 0 heterocycles. The first-order valence-corrected chi connectivity index (χ1v) is 3.06. The Balaban J connectivity index is 0.000000810. The number of halogens is 1. The zero-order valence-corrected chi connectivity index (χ0v) is 12.8. The molecular formula is C7H7ClNRf-. The fourth-order valence-corrected chi connectivity index (χ4v) is 0.810. The van der Waals surface area contributed by atoms with Crippen LogP contribution in [0.25, 0.3) is 0 Å². The number of benzene rings is 1. The van der Waals surface area contributed by atoms with Gasteiger partial charge in [-0.05, 0) is 6.54 Å². The van der Waals surface area contributed by atoms with Gasteiger partial charge in [-0.2, -0.15) is 35.9 Å². The zero-order valence-electron chi connectivity index (χ0n) is 5.60. The molecule has 10 heavy (non-hydrogen) atoms. The minimum absolute atomic E-state index is 0. The summed E-state index contributed by atoms with van der Waals surface area (Å²) in [5.41, 5.74) is 6.36. The number of hydrogen-bond donors (Lipinski definition) is 1. The molecule has 1 aromatic carbocycles. The largest absolute Gasteiger partial charge is 0.337 e. The van der Waals surface area contributed by atoms with E-state index in [-0.39, 0.29) is 0 Å². The fraction of sp³-hybridized carbons (Fsp3) is 0.143. The van der Waals surface area contributed by atoms with E-state index in [2.05, 4.69) is 6.07 Å². The Morgan fingerprint density at radius 3 is 2.60 bits per heavy atom. The second kappa shape index (κ2) is 3.49. The van der Waals surface area contributed by atoms with Crippen molar-refractivity contribution >= 4 is 11.6 Å². The zero-order chi connectivity index (χ0) is 6.69. The summed E-state index contributed by atoms with van der Waals surface area (Å²) in [4.78, 5) is 0. The quantitative estimate of drug-likeness (QED) is 0.703. The van der Waals surface area contributed by atoms with Gasteiger partial charge in [0.05, 0.1) is 0 Å². The average Bonchev–Trinajstić information content (AvgIpc) is 1.88. The first-order chi connectivity index (χ1) is 4.33. The molecule has 0 bridgehead atoms. The van der Waals surface area contributed by atoms with Crippen molar-refractivity contribution in [2.24, 2.45) is 5.73 Å². The Morgan fingerprint density at radius 2 is 2.20 bits per heavy atom. The van der Waals surface area contributed by atoms with Gasteiger partial charge in [-0.3, -0.25) is 0 Å². The van der Waals surface area contributed by atoms with Crippen molar-refractivity contribution in [2.75, 3.05) is 0 Å². The molecule has 2 N–H and O–H groups in total. The van der Waals surface area contributed by atoms with Crippen molar-refractivity contribution in [3.63, 3.8) is 0 Å². The molecule has 0 saturated heterocycles. The molecule has 0 radical (unpaired) electrons. The maximum Gasteiger partial charge on any atom is 0 e. The topological polar surface area (TPSA) is 26.0 Å². The number of nitrogens with two attached hydrogens (primary N) is 1. The molecule has 0 aliphatic carbocycles. The van der Waals surface area contributed by atoms with E-state index in [1.165, 1.54) is 0 Å². The van der Waals surface area contributed by atoms with E-state index in [0.717, 1.165) is 5.56 Å². The van der Waals surface area contributed by atoms with Crippen molar-refractivity contribution < 1.29 is 0 Å². The standard InChI is InChI=1S/C7H7ClN.Rf/c8-7-3-1-2-6(4-7)5-9;/h2-4H,5,9H2;/q-1;. The average molecular weight is 408 g/mol. The van der Waals surface area contributed by atoms with E-state index in [1.807, 2.05) is 12.1 Å². The van der Waals surface area contributed by atoms with Gasteiger partial charge in [0, 0.05) is 0 Å². The number of hydrogen-bond acceptors (Lipinski definition) is 1. The molecule has 0 aromatic heterocycles. The first-order valence-electron chi connectivity index (χ1n) is 2.68. The Morgan fingerprint density at radius 1 is 1.50 bits per heavy atom. The second-order valence-electron chi connectivity index (χ2n) is 1.76. The summed E-state index contributed by atoms with van der Waals surface area (Å²) in [6, 6.07) is 8.23. The van der Waals surface area contributed by atoms with Crippen LogP contribution in [-0.4, -0.2) is 0 Å². The molecule has 0 aliphatic heterocycles. The normalized spacial score (nSPS) is 8.60. The number of rotatable bonds is 1. The molecule has 0 unspecified atom stereocenters. The van der Waals surface area contributed by atoms with Crippen LogP contribution >= 0.6 is 11.6 Å². The summed E-state index contributed by atoms with van der Waals surface area (Å²) in [6.45, 7) is 0.525. The molecule has 0 saturated carbocycles. The van der Waals surface area contributed by atoms with E-state index in [0.29, 0.717) is 11.6 Å². The van der Waals surface area contributed by atoms with Gasteiger partial charge in [-0.25, -0.2) is 0 Å². The Bertz CT molecular complexity index is 203.